The molecule has 132 valence electrons. The van der Waals surface area contributed by atoms with Gasteiger partial charge in [-0.1, -0.05) is 12.1 Å². The van der Waals surface area contributed by atoms with Crippen molar-refractivity contribution in [2.24, 2.45) is 0 Å². The molecule has 1 aromatic carbocycles. The van der Waals surface area contributed by atoms with Gasteiger partial charge in [0.15, 0.2) is 0 Å². The van der Waals surface area contributed by atoms with Gasteiger partial charge in [-0.15, -0.1) is 22.7 Å². The first-order valence-corrected chi connectivity index (χ1v) is 10.3. The van der Waals surface area contributed by atoms with Crippen LogP contribution in [-0.4, -0.2) is 0 Å². The molecular formula is C24H18FeS2+2. The van der Waals surface area contributed by atoms with Crippen LogP contribution in [0.5, 0.6) is 0 Å². The minimum atomic E-state index is 0. The summed E-state index contributed by atoms with van der Waals surface area (Å²) in [4.78, 5) is 2.64. The van der Waals surface area contributed by atoms with Gasteiger partial charge in [0.2, 0.25) is 0 Å². The maximum absolute atomic E-state index is 2.30. The zero-order valence-corrected chi connectivity index (χ0v) is 17.3. The minimum Gasteiger partial charge on any atom is -0.144 e. The zero-order valence-electron chi connectivity index (χ0n) is 14.6. The molecule has 2 aromatic heterocycles. The summed E-state index contributed by atoms with van der Waals surface area (Å²) in [5.41, 5.74) is 3.88. The molecule has 0 nitrogen and oxygen atoms in total. The molecule has 10 radical (unpaired) electrons. The smallest absolute Gasteiger partial charge is 0.144 e. The van der Waals surface area contributed by atoms with Gasteiger partial charge in [-0.25, -0.2) is 0 Å². The fraction of sp³-hybridized carbons (Fsp3) is 0. The number of rotatable bonds is 3. The SMILES string of the molecule is [CH]1[CH][CH][CH][CH]1.[CH]1[CH][CH][C](c2cc(-c3cccs3)cc(-c3cccs3)c2)[CH]1.[Fe+2]. The second kappa shape index (κ2) is 10.6. The molecular weight excluding hydrogens is 408 g/mol. The van der Waals surface area contributed by atoms with Gasteiger partial charge >= 0.3 is 17.1 Å². The maximum Gasteiger partial charge on any atom is 2.00 e. The topological polar surface area (TPSA) is 0 Å². The first kappa shape index (κ1) is 20.9. The van der Waals surface area contributed by atoms with Crippen LogP contribution < -0.4 is 0 Å². The molecule has 0 N–H and O–H groups in total. The van der Waals surface area contributed by atoms with E-state index in [-0.39, 0.29) is 17.1 Å². The molecule has 0 bridgehead atoms. The molecule has 0 unspecified atom stereocenters. The monoisotopic (exact) mass is 426 g/mol. The molecule has 0 atom stereocenters. The van der Waals surface area contributed by atoms with Crippen LogP contribution in [0.15, 0.2) is 53.2 Å². The number of benzene rings is 1. The first-order valence-electron chi connectivity index (χ1n) is 8.52. The van der Waals surface area contributed by atoms with Crippen LogP contribution in [0.4, 0.5) is 0 Å². The Morgan fingerprint density at radius 1 is 0.519 bits per heavy atom. The van der Waals surface area contributed by atoms with Crippen molar-refractivity contribution in [3.8, 4) is 20.9 Å². The third kappa shape index (κ3) is 5.57. The first-order chi connectivity index (χ1) is 12.9. The molecule has 3 aromatic rings. The van der Waals surface area contributed by atoms with Crippen LogP contribution in [0.3, 0.4) is 0 Å². The largest absolute Gasteiger partial charge is 2.00 e. The Labute approximate surface area is 182 Å². The van der Waals surface area contributed by atoms with Crippen molar-refractivity contribution in [1.82, 2.24) is 0 Å². The van der Waals surface area contributed by atoms with Gasteiger partial charge in [0.05, 0.1) is 0 Å². The summed E-state index contributed by atoms with van der Waals surface area (Å²) in [6.45, 7) is 0. The second-order valence-corrected chi connectivity index (χ2v) is 7.78. The molecule has 5 rings (SSSR count). The predicted octanol–water partition coefficient (Wildman–Crippen LogP) is 6.92. The van der Waals surface area contributed by atoms with Gasteiger partial charge in [0, 0.05) is 15.7 Å². The molecule has 2 heterocycles. The summed E-state index contributed by atoms with van der Waals surface area (Å²) in [5.74, 6) is 1.28. The van der Waals surface area contributed by atoms with Crippen molar-refractivity contribution in [3.63, 3.8) is 0 Å². The van der Waals surface area contributed by atoms with Crippen LogP contribution in [0.25, 0.3) is 20.9 Å². The molecule has 2 aliphatic carbocycles. The zero-order chi connectivity index (χ0) is 17.6. The standard InChI is InChI=1S/C19H13S2.C5H5.Fe/c1-2-6-14(5-1)15-11-16(18-7-3-9-20-18)13-17(12-15)19-8-4-10-21-19;1-2-4-5-3-1;/h1-13H;1-5H;/q;;+2. The van der Waals surface area contributed by atoms with E-state index in [9.17, 15) is 0 Å². The van der Waals surface area contributed by atoms with Crippen molar-refractivity contribution < 1.29 is 17.1 Å². The van der Waals surface area contributed by atoms with Crippen molar-refractivity contribution in [2.75, 3.05) is 0 Å². The van der Waals surface area contributed by atoms with Gasteiger partial charge < -0.3 is 0 Å². The van der Waals surface area contributed by atoms with Crippen LogP contribution in [0, 0.1) is 63.7 Å². The second-order valence-electron chi connectivity index (χ2n) is 5.89. The summed E-state index contributed by atoms with van der Waals surface area (Å²) < 4.78 is 0. The quantitative estimate of drug-likeness (QED) is 0.399. The van der Waals surface area contributed by atoms with E-state index in [4.69, 9.17) is 0 Å². The van der Waals surface area contributed by atoms with Gasteiger partial charge in [0.1, 0.15) is 0 Å². The summed E-state index contributed by atoms with van der Waals surface area (Å²) in [5, 5.41) is 4.27. The molecule has 2 aliphatic rings. The molecule has 27 heavy (non-hydrogen) atoms. The molecule has 0 aliphatic heterocycles. The van der Waals surface area contributed by atoms with Crippen molar-refractivity contribution in [1.29, 1.82) is 0 Å². The van der Waals surface area contributed by atoms with E-state index in [0.29, 0.717) is 0 Å². The van der Waals surface area contributed by atoms with Gasteiger partial charge in [-0.2, -0.15) is 0 Å². The molecule has 3 heteroatoms. The van der Waals surface area contributed by atoms with E-state index >= 15 is 0 Å². The van der Waals surface area contributed by atoms with Gasteiger partial charge in [-0.05, 0) is 116 Å². The molecule has 0 saturated heterocycles. The third-order valence-electron chi connectivity index (χ3n) is 4.10. The Hall–Kier alpha value is -0.861. The molecule has 0 amide bonds. The van der Waals surface area contributed by atoms with E-state index < -0.39 is 0 Å². The number of thiophene rings is 2. The van der Waals surface area contributed by atoms with Gasteiger partial charge in [-0.3, -0.25) is 0 Å². The fourth-order valence-electron chi connectivity index (χ4n) is 2.85. The predicted molar refractivity (Wildman–Crippen MR) is 114 cm³/mol. The molecule has 0 spiro atoms. The summed E-state index contributed by atoms with van der Waals surface area (Å²) in [6, 6.07) is 15.5. The summed E-state index contributed by atoms with van der Waals surface area (Å²) in [6.07, 6.45) is 18.5. The average molecular weight is 426 g/mol. The Bertz CT molecular complexity index is 720. The van der Waals surface area contributed by atoms with E-state index in [1.165, 1.54) is 32.4 Å². The van der Waals surface area contributed by atoms with Crippen molar-refractivity contribution >= 4 is 22.7 Å². The van der Waals surface area contributed by atoms with E-state index in [2.05, 4.69) is 78.9 Å². The Morgan fingerprint density at radius 2 is 0.963 bits per heavy atom. The Kier molecular flexibility index (Phi) is 8.21. The van der Waals surface area contributed by atoms with Crippen LogP contribution >= 0.6 is 22.7 Å². The third-order valence-corrected chi connectivity index (χ3v) is 5.93. The molecule has 2 saturated carbocycles. The van der Waals surface area contributed by atoms with E-state index in [1.807, 2.05) is 32.1 Å². The van der Waals surface area contributed by atoms with Crippen molar-refractivity contribution in [3.05, 3.63) is 122 Å². The van der Waals surface area contributed by atoms with Crippen LogP contribution in [0.2, 0.25) is 0 Å². The normalized spacial score (nSPS) is 16.6. The minimum absolute atomic E-state index is 0. The van der Waals surface area contributed by atoms with Crippen LogP contribution in [-0.2, 0) is 17.1 Å². The van der Waals surface area contributed by atoms with Crippen molar-refractivity contribution in [2.45, 2.75) is 0 Å². The van der Waals surface area contributed by atoms with E-state index in [1.54, 1.807) is 22.7 Å². The Morgan fingerprint density at radius 3 is 1.37 bits per heavy atom. The fourth-order valence-corrected chi connectivity index (χ4v) is 4.28. The van der Waals surface area contributed by atoms with Crippen LogP contribution in [0.1, 0.15) is 5.56 Å². The summed E-state index contributed by atoms with van der Waals surface area (Å²) >= 11 is 3.58. The number of hydrogen-bond acceptors (Lipinski definition) is 2. The number of hydrogen-bond donors (Lipinski definition) is 0. The average Bonchev–Trinajstić information content (AvgIpc) is 3.49. The van der Waals surface area contributed by atoms with E-state index in [0.717, 1.165) is 0 Å². The summed E-state index contributed by atoms with van der Waals surface area (Å²) in [7, 11) is 0. The Balaban J connectivity index is 0.000000306. The molecule has 2 fully saturated rings. The maximum atomic E-state index is 2.30. The van der Waals surface area contributed by atoms with Gasteiger partial charge in [0.25, 0.3) is 0 Å².